The van der Waals surface area contributed by atoms with Crippen molar-refractivity contribution in [2.75, 3.05) is 26.7 Å². The average molecular weight is 330 g/mol. The molecule has 2 N–H and O–H groups in total. The smallest absolute Gasteiger partial charge is 0.314 e. The summed E-state index contributed by atoms with van der Waals surface area (Å²) in [5.74, 6) is 0.179. The van der Waals surface area contributed by atoms with Gasteiger partial charge in [-0.25, -0.2) is 0 Å². The Hall–Kier alpha value is -1.39. The molecule has 4 rings (SSSR count). The van der Waals surface area contributed by atoms with Crippen LogP contribution in [-0.4, -0.2) is 44.3 Å². The number of nitrogens with one attached hydrogen (secondary N) is 2. The van der Waals surface area contributed by atoms with Gasteiger partial charge in [0.15, 0.2) is 0 Å². The van der Waals surface area contributed by atoms with Gasteiger partial charge in [0.25, 0.3) is 0 Å². The first-order valence-electron chi connectivity index (χ1n) is 9.53. The van der Waals surface area contributed by atoms with E-state index in [0.29, 0.717) is 11.6 Å². The van der Waals surface area contributed by atoms with Crippen molar-refractivity contribution >= 4 is 5.97 Å². The van der Waals surface area contributed by atoms with Gasteiger partial charge in [0, 0.05) is 24.8 Å². The minimum Gasteiger partial charge on any atom is -0.469 e. The Balaban J connectivity index is 1.43. The van der Waals surface area contributed by atoms with E-state index in [0.717, 1.165) is 13.0 Å². The van der Waals surface area contributed by atoms with Gasteiger partial charge in [0.2, 0.25) is 0 Å². The molecule has 3 aliphatic heterocycles. The first kappa shape index (κ1) is 16.1. The standard InChI is InChI=1S/C20H28N2O2/c1-24-19(23)17-14-20(22-11-5-8-18(17)22)9-12-21(13-10-20)15-16-6-3-2-4-7-16/h2-4,6-7,17-18H,5,8-15H2,1H3/p+2/t17-,18-/m1/s1. The van der Waals surface area contributed by atoms with Crippen molar-refractivity contribution in [1.82, 2.24) is 0 Å². The lowest BCUT2D eigenvalue weighted by atomic mass is 9.81. The minimum absolute atomic E-state index is 0.0373. The zero-order valence-electron chi connectivity index (χ0n) is 14.7. The maximum atomic E-state index is 12.2. The molecule has 130 valence electrons. The second kappa shape index (κ2) is 6.49. The normalized spacial score (nSPS) is 38.2. The minimum atomic E-state index is 0.0373. The second-order valence-electron chi connectivity index (χ2n) is 8.05. The van der Waals surface area contributed by atoms with E-state index in [1.807, 2.05) is 0 Å². The largest absolute Gasteiger partial charge is 0.469 e. The lowest BCUT2D eigenvalue weighted by Gasteiger charge is -2.40. The first-order chi connectivity index (χ1) is 11.7. The zero-order valence-corrected chi connectivity index (χ0v) is 14.7. The van der Waals surface area contributed by atoms with Crippen LogP contribution >= 0.6 is 0 Å². The lowest BCUT2D eigenvalue weighted by molar-refractivity contribution is -0.981. The molecule has 3 saturated heterocycles. The molecule has 0 amide bonds. The van der Waals surface area contributed by atoms with E-state index in [1.165, 1.54) is 50.9 Å². The van der Waals surface area contributed by atoms with Crippen LogP contribution in [0.1, 0.15) is 37.7 Å². The summed E-state index contributed by atoms with van der Waals surface area (Å²) in [6.45, 7) is 4.86. The van der Waals surface area contributed by atoms with Crippen LogP contribution in [0.15, 0.2) is 30.3 Å². The van der Waals surface area contributed by atoms with Gasteiger partial charge in [-0.2, -0.15) is 0 Å². The number of methoxy groups -OCH3 is 1. The number of hydrogen-bond donors (Lipinski definition) is 2. The van der Waals surface area contributed by atoms with Crippen LogP contribution in [0.3, 0.4) is 0 Å². The summed E-state index contributed by atoms with van der Waals surface area (Å²) in [4.78, 5) is 15.7. The van der Waals surface area contributed by atoms with Crippen LogP contribution in [0.4, 0.5) is 0 Å². The van der Waals surface area contributed by atoms with Gasteiger partial charge < -0.3 is 14.5 Å². The molecule has 0 aromatic heterocycles. The van der Waals surface area contributed by atoms with Crippen molar-refractivity contribution in [1.29, 1.82) is 0 Å². The Morgan fingerprint density at radius 1 is 1.21 bits per heavy atom. The molecule has 4 nitrogen and oxygen atoms in total. The maximum Gasteiger partial charge on any atom is 0.314 e. The molecule has 0 bridgehead atoms. The molecular formula is C20H30N2O2+2. The van der Waals surface area contributed by atoms with Gasteiger partial charge in [-0.3, -0.25) is 4.79 Å². The topological polar surface area (TPSA) is 35.2 Å². The molecule has 1 aromatic carbocycles. The fourth-order valence-corrected chi connectivity index (χ4v) is 5.74. The summed E-state index contributed by atoms with van der Waals surface area (Å²) < 4.78 is 5.12. The SMILES string of the molecule is COC(=O)[C@@H]1CC2(CC[NH+](Cc3ccccc3)CC2)[NH+]2CCC[C@H]12. The molecule has 1 aromatic rings. The van der Waals surface area contributed by atoms with Gasteiger partial charge >= 0.3 is 5.97 Å². The summed E-state index contributed by atoms with van der Waals surface area (Å²) >= 11 is 0. The van der Waals surface area contributed by atoms with Gasteiger partial charge in [-0.1, -0.05) is 30.3 Å². The molecule has 3 fully saturated rings. The quantitative estimate of drug-likeness (QED) is 0.756. The molecule has 0 radical (unpaired) electrons. The van der Waals surface area contributed by atoms with E-state index in [9.17, 15) is 4.79 Å². The molecular weight excluding hydrogens is 300 g/mol. The number of likely N-dealkylation sites (tertiary alicyclic amines) is 1. The Bertz CT molecular complexity index is 581. The van der Waals surface area contributed by atoms with Crippen molar-refractivity contribution in [2.45, 2.75) is 50.2 Å². The molecule has 24 heavy (non-hydrogen) atoms. The third kappa shape index (κ3) is 2.76. The summed E-state index contributed by atoms with van der Waals surface area (Å²) in [6.07, 6.45) is 6.05. The number of piperidine rings is 1. The van der Waals surface area contributed by atoms with Crippen LogP contribution in [0.25, 0.3) is 0 Å². The molecule has 0 saturated carbocycles. The highest BCUT2D eigenvalue weighted by atomic mass is 16.5. The van der Waals surface area contributed by atoms with Crippen molar-refractivity contribution in [2.24, 2.45) is 5.92 Å². The molecule has 3 heterocycles. The predicted molar refractivity (Wildman–Crippen MR) is 91.8 cm³/mol. The number of rotatable bonds is 3. The van der Waals surface area contributed by atoms with E-state index in [2.05, 4.69) is 30.3 Å². The average Bonchev–Trinajstić information content (AvgIpc) is 3.21. The molecule has 1 unspecified atom stereocenters. The second-order valence-corrected chi connectivity index (χ2v) is 8.05. The van der Waals surface area contributed by atoms with Crippen LogP contribution < -0.4 is 9.80 Å². The Morgan fingerprint density at radius 2 is 1.96 bits per heavy atom. The van der Waals surface area contributed by atoms with Crippen LogP contribution in [-0.2, 0) is 16.1 Å². The van der Waals surface area contributed by atoms with E-state index in [1.54, 1.807) is 16.9 Å². The summed E-state index contributed by atoms with van der Waals surface area (Å²) in [5, 5.41) is 0. The summed E-state index contributed by atoms with van der Waals surface area (Å²) in [7, 11) is 1.55. The lowest BCUT2D eigenvalue weighted by Crippen LogP contribution is -3.23. The van der Waals surface area contributed by atoms with Crippen LogP contribution in [0.5, 0.6) is 0 Å². The molecule has 3 atom stereocenters. The third-order valence-electron chi connectivity index (χ3n) is 6.90. The van der Waals surface area contributed by atoms with Gasteiger partial charge in [-0.15, -0.1) is 0 Å². The van der Waals surface area contributed by atoms with E-state index in [-0.39, 0.29) is 11.9 Å². The van der Waals surface area contributed by atoms with Crippen molar-refractivity contribution in [3.05, 3.63) is 35.9 Å². The van der Waals surface area contributed by atoms with E-state index < -0.39 is 0 Å². The Kier molecular flexibility index (Phi) is 4.35. The van der Waals surface area contributed by atoms with E-state index in [4.69, 9.17) is 4.74 Å². The number of fused-ring (bicyclic) bond motifs is 2. The zero-order chi connectivity index (χ0) is 16.6. The third-order valence-corrected chi connectivity index (χ3v) is 6.90. The highest BCUT2D eigenvalue weighted by Gasteiger charge is 2.61. The number of esters is 1. The molecule has 1 spiro atoms. The van der Waals surface area contributed by atoms with Crippen LogP contribution in [0, 0.1) is 5.92 Å². The number of hydrogen-bond acceptors (Lipinski definition) is 2. The van der Waals surface area contributed by atoms with Crippen LogP contribution in [0.2, 0.25) is 0 Å². The number of carbonyl (C=O) groups excluding carboxylic acids is 1. The van der Waals surface area contributed by atoms with Gasteiger partial charge in [0.05, 0.1) is 39.6 Å². The Labute approximate surface area is 144 Å². The molecule has 0 aliphatic carbocycles. The highest BCUT2D eigenvalue weighted by Crippen LogP contribution is 2.34. The first-order valence-corrected chi connectivity index (χ1v) is 9.53. The highest BCUT2D eigenvalue weighted by molar-refractivity contribution is 5.73. The monoisotopic (exact) mass is 330 g/mol. The fourth-order valence-electron chi connectivity index (χ4n) is 5.74. The van der Waals surface area contributed by atoms with Gasteiger partial charge in [-0.05, 0) is 0 Å². The maximum absolute atomic E-state index is 12.2. The number of quaternary nitrogens is 2. The number of ether oxygens (including phenoxy) is 1. The summed E-state index contributed by atoms with van der Waals surface area (Å²) in [5.41, 5.74) is 1.79. The summed E-state index contributed by atoms with van der Waals surface area (Å²) in [6, 6.07) is 11.4. The molecule has 3 aliphatic rings. The van der Waals surface area contributed by atoms with Crippen molar-refractivity contribution in [3.8, 4) is 0 Å². The van der Waals surface area contributed by atoms with Gasteiger partial charge in [0.1, 0.15) is 24.0 Å². The van der Waals surface area contributed by atoms with E-state index >= 15 is 0 Å². The predicted octanol–water partition coefficient (Wildman–Crippen LogP) is -0.156. The Morgan fingerprint density at radius 3 is 2.67 bits per heavy atom. The van der Waals surface area contributed by atoms with Crippen molar-refractivity contribution < 1.29 is 19.3 Å². The number of benzene rings is 1. The number of carbonyl (C=O) groups is 1. The molecule has 4 heteroatoms. The van der Waals surface area contributed by atoms with Crippen molar-refractivity contribution in [3.63, 3.8) is 0 Å². The fraction of sp³-hybridized carbons (Fsp3) is 0.650.